The Kier molecular flexibility index (Phi) is 3.46. The zero-order chi connectivity index (χ0) is 14.0. The first-order chi connectivity index (χ1) is 8.88. The lowest BCUT2D eigenvalue weighted by Crippen LogP contribution is -2.40. The number of rotatable bonds is 2. The van der Waals surface area contributed by atoms with E-state index in [1.54, 1.807) is 0 Å². The molecule has 2 N–H and O–H groups in total. The maximum absolute atomic E-state index is 12.5. The third-order valence-electron chi connectivity index (χ3n) is 2.81. The molecule has 2 amide bonds. The molecule has 1 aliphatic rings. The molecule has 0 bridgehead atoms. The molecule has 0 aromatic heterocycles. The van der Waals surface area contributed by atoms with Gasteiger partial charge in [-0.15, -0.1) is 0 Å². The Labute approximate surface area is 107 Å². The lowest BCUT2D eigenvalue weighted by atomic mass is 10.1. The van der Waals surface area contributed by atoms with Crippen LogP contribution in [0.15, 0.2) is 24.3 Å². The van der Waals surface area contributed by atoms with Gasteiger partial charge in [-0.25, -0.2) is 0 Å². The number of alkyl halides is 3. The molecule has 102 valence electrons. The van der Waals surface area contributed by atoms with E-state index in [1.807, 2.05) is 0 Å². The van der Waals surface area contributed by atoms with Gasteiger partial charge in [-0.1, -0.05) is 6.07 Å². The van der Waals surface area contributed by atoms with E-state index in [9.17, 15) is 22.8 Å². The van der Waals surface area contributed by atoms with Gasteiger partial charge >= 0.3 is 6.18 Å². The summed E-state index contributed by atoms with van der Waals surface area (Å²) in [6, 6.07) is 3.41. The highest BCUT2D eigenvalue weighted by Crippen LogP contribution is 2.29. The minimum absolute atomic E-state index is 0.116. The summed E-state index contributed by atoms with van der Waals surface area (Å²) in [7, 11) is 0. The average Bonchev–Trinajstić information content (AvgIpc) is 2.74. The standard InChI is InChI=1S/C12H11F3N2O2/c13-12(14,15)8-3-1-2-7(6-8)10(18)17-9-4-5-16-11(9)19/h1-3,6,9H,4-5H2,(H,16,19)(H,17,18). The van der Waals surface area contributed by atoms with Crippen LogP contribution in [0, 0.1) is 0 Å². The van der Waals surface area contributed by atoms with E-state index in [4.69, 9.17) is 0 Å². The van der Waals surface area contributed by atoms with Crippen LogP contribution in [0.25, 0.3) is 0 Å². The van der Waals surface area contributed by atoms with Crippen LogP contribution in [0.3, 0.4) is 0 Å². The van der Waals surface area contributed by atoms with Gasteiger partial charge in [-0.05, 0) is 24.6 Å². The maximum atomic E-state index is 12.5. The van der Waals surface area contributed by atoms with Crippen molar-refractivity contribution in [3.63, 3.8) is 0 Å². The van der Waals surface area contributed by atoms with Gasteiger partial charge in [0.2, 0.25) is 5.91 Å². The van der Waals surface area contributed by atoms with Crippen molar-refractivity contribution in [3.05, 3.63) is 35.4 Å². The van der Waals surface area contributed by atoms with Crippen LogP contribution >= 0.6 is 0 Å². The first-order valence-corrected chi connectivity index (χ1v) is 5.64. The van der Waals surface area contributed by atoms with Gasteiger partial charge in [0.05, 0.1) is 5.56 Å². The summed E-state index contributed by atoms with van der Waals surface area (Å²) in [5.74, 6) is -1.01. The van der Waals surface area contributed by atoms with E-state index in [0.29, 0.717) is 13.0 Å². The molecule has 1 aromatic carbocycles. The Morgan fingerprint density at radius 2 is 2.11 bits per heavy atom. The first-order valence-electron chi connectivity index (χ1n) is 5.64. The molecule has 1 atom stereocenters. The van der Waals surface area contributed by atoms with E-state index in [1.165, 1.54) is 6.07 Å². The van der Waals surface area contributed by atoms with Crippen molar-refractivity contribution < 1.29 is 22.8 Å². The van der Waals surface area contributed by atoms with Crippen molar-refractivity contribution in [1.29, 1.82) is 0 Å². The molecule has 1 unspecified atom stereocenters. The summed E-state index contributed by atoms with van der Waals surface area (Å²) < 4.78 is 37.5. The second-order valence-electron chi connectivity index (χ2n) is 4.18. The van der Waals surface area contributed by atoms with Crippen LogP contribution in [0.4, 0.5) is 13.2 Å². The molecule has 0 radical (unpaired) electrons. The number of carbonyl (C=O) groups is 2. The Morgan fingerprint density at radius 1 is 1.37 bits per heavy atom. The number of nitrogens with one attached hydrogen (secondary N) is 2. The van der Waals surface area contributed by atoms with Crippen molar-refractivity contribution in [3.8, 4) is 0 Å². The van der Waals surface area contributed by atoms with E-state index in [2.05, 4.69) is 10.6 Å². The van der Waals surface area contributed by atoms with Crippen LogP contribution < -0.4 is 10.6 Å². The van der Waals surface area contributed by atoms with Crippen molar-refractivity contribution in [1.82, 2.24) is 10.6 Å². The summed E-state index contributed by atoms with van der Waals surface area (Å²) >= 11 is 0. The van der Waals surface area contributed by atoms with Crippen molar-refractivity contribution >= 4 is 11.8 Å². The molecule has 1 aromatic rings. The largest absolute Gasteiger partial charge is 0.416 e. The fraction of sp³-hybridized carbons (Fsp3) is 0.333. The number of halogens is 3. The van der Waals surface area contributed by atoms with Gasteiger partial charge < -0.3 is 10.6 Å². The molecule has 1 fully saturated rings. The van der Waals surface area contributed by atoms with Crippen molar-refractivity contribution in [2.24, 2.45) is 0 Å². The van der Waals surface area contributed by atoms with Crippen molar-refractivity contribution in [2.75, 3.05) is 6.54 Å². The highest BCUT2D eigenvalue weighted by molar-refractivity contribution is 5.98. The molecule has 0 saturated carbocycles. The first kappa shape index (κ1) is 13.4. The number of amides is 2. The normalized spacial score (nSPS) is 19.1. The molecule has 4 nitrogen and oxygen atoms in total. The SMILES string of the molecule is O=C(NC1CCNC1=O)c1cccc(C(F)(F)F)c1. The third kappa shape index (κ3) is 3.04. The molecule has 1 heterocycles. The lowest BCUT2D eigenvalue weighted by Gasteiger charge is -2.11. The number of hydrogen-bond donors (Lipinski definition) is 2. The fourth-order valence-electron chi connectivity index (χ4n) is 1.81. The van der Waals surface area contributed by atoms with Crippen LogP contribution in [-0.2, 0) is 11.0 Å². The highest BCUT2D eigenvalue weighted by atomic mass is 19.4. The number of hydrogen-bond acceptors (Lipinski definition) is 2. The zero-order valence-corrected chi connectivity index (χ0v) is 9.75. The predicted octanol–water partition coefficient (Wildman–Crippen LogP) is 1.32. The van der Waals surface area contributed by atoms with Crippen LogP contribution in [0.5, 0.6) is 0 Å². The van der Waals surface area contributed by atoms with Gasteiger partial charge in [0.1, 0.15) is 6.04 Å². The van der Waals surface area contributed by atoms with Crippen LogP contribution in [0.2, 0.25) is 0 Å². The predicted molar refractivity (Wildman–Crippen MR) is 60.3 cm³/mol. The smallest absolute Gasteiger partial charge is 0.354 e. The summed E-state index contributed by atoms with van der Waals surface area (Å²) in [5, 5.41) is 4.93. The number of carbonyl (C=O) groups excluding carboxylic acids is 2. The molecule has 0 spiro atoms. The summed E-state index contributed by atoms with van der Waals surface area (Å²) in [4.78, 5) is 23.0. The zero-order valence-electron chi connectivity index (χ0n) is 9.75. The number of benzene rings is 1. The molecule has 1 saturated heterocycles. The Bertz CT molecular complexity index is 514. The molecular weight excluding hydrogens is 261 g/mol. The van der Waals surface area contributed by atoms with E-state index >= 15 is 0 Å². The average molecular weight is 272 g/mol. The van der Waals surface area contributed by atoms with Gasteiger partial charge in [0.15, 0.2) is 0 Å². The quantitative estimate of drug-likeness (QED) is 0.853. The molecule has 7 heteroatoms. The van der Waals surface area contributed by atoms with E-state index < -0.39 is 23.7 Å². The van der Waals surface area contributed by atoms with Gasteiger partial charge in [-0.2, -0.15) is 13.2 Å². The van der Waals surface area contributed by atoms with Crippen LogP contribution in [0.1, 0.15) is 22.3 Å². The summed E-state index contributed by atoms with van der Waals surface area (Å²) in [6.07, 6.45) is -4.06. The van der Waals surface area contributed by atoms with Crippen LogP contribution in [-0.4, -0.2) is 24.4 Å². The minimum Gasteiger partial charge on any atom is -0.354 e. The molecule has 2 rings (SSSR count). The molecule has 1 aliphatic heterocycles. The third-order valence-corrected chi connectivity index (χ3v) is 2.81. The molecule has 0 aliphatic carbocycles. The minimum atomic E-state index is -4.50. The Hall–Kier alpha value is -2.05. The topological polar surface area (TPSA) is 58.2 Å². The second kappa shape index (κ2) is 4.91. The highest BCUT2D eigenvalue weighted by Gasteiger charge is 2.31. The van der Waals surface area contributed by atoms with Gasteiger partial charge in [0.25, 0.3) is 5.91 Å². The van der Waals surface area contributed by atoms with Gasteiger partial charge in [0, 0.05) is 12.1 Å². The van der Waals surface area contributed by atoms with Crippen molar-refractivity contribution in [2.45, 2.75) is 18.6 Å². The van der Waals surface area contributed by atoms with Gasteiger partial charge in [-0.3, -0.25) is 9.59 Å². The Morgan fingerprint density at radius 3 is 2.68 bits per heavy atom. The second-order valence-corrected chi connectivity index (χ2v) is 4.18. The molecule has 19 heavy (non-hydrogen) atoms. The maximum Gasteiger partial charge on any atom is 0.416 e. The fourth-order valence-corrected chi connectivity index (χ4v) is 1.81. The van der Waals surface area contributed by atoms with E-state index in [-0.39, 0.29) is 11.5 Å². The van der Waals surface area contributed by atoms with E-state index in [0.717, 1.165) is 18.2 Å². The summed E-state index contributed by atoms with van der Waals surface area (Å²) in [5.41, 5.74) is -1.01. The lowest BCUT2D eigenvalue weighted by molar-refractivity contribution is -0.137. The summed E-state index contributed by atoms with van der Waals surface area (Å²) in [6.45, 7) is 0.451. The Balaban J connectivity index is 2.13. The molecular formula is C12H11F3N2O2. The monoisotopic (exact) mass is 272 g/mol.